The summed E-state index contributed by atoms with van der Waals surface area (Å²) in [6, 6.07) is 7.03. The Labute approximate surface area is 115 Å². The van der Waals surface area contributed by atoms with Gasteiger partial charge in [0.15, 0.2) is 0 Å². The molecule has 0 radical (unpaired) electrons. The van der Waals surface area contributed by atoms with Crippen LogP contribution in [0.15, 0.2) is 36.5 Å². The molecule has 2 aromatic rings. The first-order valence-corrected chi connectivity index (χ1v) is 6.20. The molecule has 1 unspecified atom stereocenters. The van der Waals surface area contributed by atoms with Crippen molar-refractivity contribution < 1.29 is 8.78 Å². The Kier molecular flexibility index (Phi) is 4.45. The van der Waals surface area contributed by atoms with E-state index in [1.54, 1.807) is 13.1 Å². The lowest BCUT2D eigenvalue weighted by Gasteiger charge is -2.16. The van der Waals surface area contributed by atoms with Crippen molar-refractivity contribution in [2.45, 2.75) is 12.5 Å². The van der Waals surface area contributed by atoms with Gasteiger partial charge in [0.2, 0.25) is 0 Å². The van der Waals surface area contributed by atoms with Gasteiger partial charge in [-0.05, 0) is 49.4 Å². The van der Waals surface area contributed by atoms with Gasteiger partial charge >= 0.3 is 0 Å². The molecule has 0 aliphatic rings. The minimum atomic E-state index is -0.387. The molecule has 100 valence electrons. The van der Waals surface area contributed by atoms with Crippen LogP contribution in [-0.2, 0) is 6.42 Å². The molecule has 0 amide bonds. The zero-order valence-corrected chi connectivity index (χ0v) is 11.1. The van der Waals surface area contributed by atoms with E-state index in [2.05, 4.69) is 10.3 Å². The summed E-state index contributed by atoms with van der Waals surface area (Å²) in [7, 11) is 1.77. The Balaban J connectivity index is 2.23. The molecule has 2 rings (SSSR count). The molecule has 1 aromatic carbocycles. The van der Waals surface area contributed by atoms with Crippen LogP contribution in [0.25, 0.3) is 0 Å². The van der Waals surface area contributed by atoms with Gasteiger partial charge < -0.3 is 5.32 Å². The second kappa shape index (κ2) is 6.08. The number of rotatable bonds is 4. The van der Waals surface area contributed by atoms with Gasteiger partial charge in [-0.15, -0.1) is 0 Å². The average molecular weight is 283 g/mol. The summed E-state index contributed by atoms with van der Waals surface area (Å²) in [6.45, 7) is 0. The van der Waals surface area contributed by atoms with Gasteiger partial charge in [-0.25, -0.2) is 8.78 Å². The molecule has 1 atom stereocenters. The van der Waals surface area contributed by atoms with Crippen molar-refractivity contribution in [3.8, 4) is 0 Å². The quantitative estimate of drug-likeness (QED) is 0.928. The molecule has 0 fully saturated rings. The molecular weight excluding hydrogens is 270 g/mol. The zero-order chi connectivity index (χ0) is 13.8. The van der Waals surface area contributed by atoms with Crippen molar-refractivity contribution in [3.63, 3.8) is 0 Å². The van der Waals surface area contributed by atoms with Gasteiger partial charge in [-0.2, -0.15) is 0 Å². The maximum Gasteiger partial charge on any atom is 0.141 e. The molecular formula is C14H13ClF2N2. The number of benzene rings is 1. The van der Waals surface area contributed by atoms with Gasteiger partial charge in [-0.3, -0.25) is 4.98 Å². The highest BCUT2D eigenvalue weighted by Gasteiger charge is 2.14. The highest BCUT2D eigenvalue weighted by Crippen LogP contribution is 2.23. The number of aromatic nitrogens is 1. The lowest BCUT2D eigenvalue weighted by Crippen LogP contribution is -2.20. The van der Waals surface area contributed by atoms with Crippen molar-refractivity contribution in [1.29, 1.82) is 0 Å². The SMILES string of the molecule is CNC(Cc1cc(F)ccc1Cl)c1ccc(F)cn1. The Morgan fingerprint density at radius 1 is 1.21 bits per heavy atom. The van der Waals surface area contributed by atoms with Crippen LogP contribution in [0, 0.1) is 11.6 Å². The van der Waals surface area contributed by atoms with E-state index in [1.165, 1.54) is 24.3 Å². The van der Waals surface area contributed by atoms with Crippen LogP contribution in [0.5, 0.6) is 0 Å². The molecule has 19 heavy (non-hydrogen) atoms. The van der Waals surface area contributed by atoms with E-state index < -0.39 is 0 Å². The van der Waals surface area contributed by atoms with Crippen LogP contribution in [0.2, 0.25) is 5.02 Å². The summed E-state index contributed by atoms with van der Waals surface area (Å²) in [5, 5.41) is 3.57. The number of nitrogens with zero attached hydrogens (tertiary/aromatic N) is 1. The van der Waals surface area contributed by atoms with Crippen molar-refractivity contribution in [2.75, 3.05) is 7.05 Å². The van der Waals surface area contributed by atoms with Crippen molar-refractivity contribution in [1.82, 2.24) is 10.3 Å². The first-order chi connectivity index (χ1) is 9.10. The monoisotopic (exact) mass is 282 g/mol. The first kappa shape index (κ1) is 13.9. The van der Waals surface area contributed by atoms with Gasteiger partial charge in [0.05, 0.1) is 17.9 Å². The average Bonchev–Trinajstić information content (AvgIpc) is 2.41. The number of halogens is 3. The van der Waals surface area contributed by atoms with Gasteiger partial charge in [-0.1, -0.05) is 11.6 Å². The molecule has 5 heteroatoms. The van der Waals surface area contributed by atoms with E-state index in [-0.39, 0.29) is 17.7 Å². The molecule has 0 saturated heterocycles. The lowest BCUT2D eigenvalue weighted by molar-refractivity contribution is 0.562. The molecule has 1 heterocycles. The molecule has 0 aliphatic heterocycles. The lowest BCUT2D eigenvalue weighted by atomic mass is 10.0. The highest BCUT2D eigenvalue weighted by molar-refractivity contribution is 6.31. The van der Waals surface area contributed by atoms with Gasteiger partial charge in [0.1, 0.15) is 11.6 Å². The van der Waals surface area contributed by atoms with Gasteiger partial charge in [0.25, 0.3) is 0 Å². The minimum absolute atomic E-state index is 0.153. The van der Waals surface area contributed by atoms with Crippen LogP contribution in [-0.4, -0.2) is 12.0 Å². The Bertz CT molecular complexity index is 558. The highest BCUT2D eigenvalue weighted by atomic mass is 35.5. The summed E-state index contributed by atoms with van der Waals surface area (Å²) >= 11 is 6.04. The Hall–Kier alpha value is -1.52. The zero-order valence-electron chi connectivity index (χ0n) is 10.3. The number of hydrogen-bond acceptors (Lipinski definition) is 2. The molecule has 1 aromatic heterocycles. The summed E-state index contributed by atoms with van der Waals surface area (Å²) in [6.07, 6.45) is 1.64. The van der Waals surface area contributed by atoms with E-state index in [4.69, 9.17) is 11.6 Å². The van der Waals surface area contributed by atoms with Crippen molar-refractivity contribution >= 4 is 11.6 Å². The summed E-state index contributed by atoms with van der Waals surface area (Å²) in [5.41, 5.74) is 1.37. The van der Waals surface area contributed by atoms with Gasteiger partial charge in [0, 0.05) is 5.02 Å². The standard InChI is InChI=1S/C14H13ClF2N2/c1-18-14(13-5-3-11(17)8-19-13)7-9-6-10(16)2-4-12(9)15/h2-6,8,14,18H,7H2,1H3. The number of pyridine rings is 1. The second-order valence-electron chi connectivity index (χ2n) is 4.18. The molecule has 0 saturated carbocycles. The fraction of sp³-hybridized carbons (Fsp3) is 0.214. The number of nitrogens with one attached hydrogen (secondary N) is 1. The van der Waals surface area contributed by atoms with Crippen LogP contribution >= 0.6 is 11.6 Å². The summed E-state index contributed by atoms with van der Waals surface area (Å²) in [4.78, 5) is 4.02. The maximum absolute atomic E-state index is 13.2. The molecule has 0 bridgehead atoms. The number of likely N-dealkylation sites (N-methyl/N-ethyl adjacent to an activating group) is 1. The third-order valence-electron chi connectivity index (χ3n) is 2.89. The predicted octanol–water partition coefficient (Wildman–Crippen LogP) is 3.52. The minimum Gasteiger partial charge on any atom is -0.311 e. The largest absolute Gasteiger partial charge is 0.311 e. The molecule has 0 spiro atoms. The van der Waals surface area contributed by atoms with Crippen molar-refractivity contribution in [2.24, 2.45) is 0 Å². The molecule has 1 N–H and O–H groups in total. The van der Waals surface area contributed by atoms with E-state index in [0.29, 0.717) is 22.7 Å². The third-order valence-corrected chi connectivity index (χ3v) is 3.26. The predicted molar refractivity (Wildman–Crippen MR) is 71.1 cm³/mol. The Morgan fingerprint density at radius 3 is 2.58 bits per heavy atom. The fourth-order valence-electron chi connectivity index (χ4n) is 1.87. The van der Waals surface area contributed by atoms with E-state index in [1.807, 2.05) is 0 Å². The van der Waals surface area contributed by atoms with E-state index in [9.17, 15) is 8.78 Å². The fourth-order valence-corrected chi connectivity index (χ4v) is 2.06. The van der Waals surface area contributed by atoms with E-state index >= 15 is 0 Å². The normalized spacial score (nSPS) is 12.4. The topological polar surface area (TPSA) is 24.9 Å². The Morgan fingerprint density at radius 2 is 1.95 bits per heavy atom. The summed E-state index contributed by atoms with van der Waals surface area (Å²) in [5.74, 6) is -0.719. The smallest absolute Gasteiger partial charge is 0.141 e. The first-order valence-electron chi connectivity index (χ1n) is 5.83. The number of hydrogen-bond donors (Lipinski definition) is 1. The van der Waals surface area contributed by atoms with Crippen LogP contribution in [0.4, 0.5) is 8.78 Å². The van der Waals surface area contributed by atoms with E-state index in [0.717, 1.165) is 6.20 Å². The van der Waals surface area contributed by atoms with Crippen molar-refractivity contribution in [3.05, 3.63) is 64.4 Å². The third kappa shape index (κ3) is 3.49. The van der Waals surface area contributed by atoms with Crippen LogP contribution < -0.4 is 5.32 Å². The molecule has 2 nitrogen and oxygen atoms in total. The summed E-state index contributed by atoms with van der Waals surface area (Å²) < 4.78 is 26.1. The van der Waals surface area contributed by atoms with Crippen LogP contribution in [0.1, 0.15) is 17.3 Å². The molecule has 0 aliphatic carbocycles. The maximum atomic E-state index is 13.2. The van der Waals surface area contributed by atoms with Crippen LogP contribution in [0.3, 0.4) is 0 Å². The second-order valence-corrected chi connectivity index (χ2v) is 4.59.